The maximum Gasteiger partial charge on any atom is 0.251 e. The molecule has 1 aliphatic rings. The van der Waals surface area contributed by atoms with E-state index in [2.05, 4.69) is 30.5 Å². The first-order valence-corrected chi connectivity index (χ1v) is 6.77. The molecule has 2 N–H and O–H groups in total. The van der Waals surface area contributed by atoms with E-state index in [1.807, 2.05) is 12.1 Å². The maximum absolute atomic E-state index is 12.0. The topological polar surface area (TPSA) is 41.1 Å². The van der Waals surface area contributed by atoms with Crippen LogP contribution in [0.25, 0.3) is 0 Å². The summed E-state index contributed by atoms with van der Waals surface area (Å²) in [6.45, 7) is 6.98. The van der Waals surface area contributed by atoms with Crippen LogP contribution in [0.1, 0.15) is 48.2 Å². The van der Waals surface area contributed by atoms with Crippen molar-refractivity contribution in [1.29, 1.82) is 0 Å². The van der Waals surface area contributed by atoms with Crippen molar-refractivity contribution in [2.24, 2.45) is 5.92 Å². The van der Waals surface area contributed by atoms with Crippen molar-refractivity contribution in [3.05, 3.63) is 34.9 Å². The average Bonchev–Trinajstić information content (AvgIpc) is 2.81. The highest BCUT2D eigenvalue weighted by molar-refractivity contribution is 5.94. The summed E-state index contributed by atoms with van der Waals surface area (Å²) < 4.78 is 0. The normalized spacial score (nSPS) is 13.7. The molecular weight excluding hydrogens is 224 g/mol. The van der Waals surface area contributed by atoms with E-state index in [1.165, 1.54) is 11.1 Å². The zero-order valence-corrected chi connectivity index (χ0v) is 11.3. The lowest BCUT2D eigenvalue weighted by Crippen LogP contribution is -2.24. The van der Waals surface area contributed by atoms with Gasteiger partial charge in [0.2, 0.25) is 0 Å². The lowest BCUT2D eigenvalue weighted by molar-refractivity contribution is 0.0952. The largest absolute Gasteiger partial charge is 0.352 e. The fraction of sp³-hybridized carbons (Fsp3) is 0.533. The van der Waals surface area contributed by atoms with Crippen molar-refractivity contribution in [3.63, 3.8) is 0 Å². The van der Waals surface area contributed by atoms with Gasteiger partial charge in [0.15, 0.2) is 0 Å². The summed E-state index contributed by atoms with van der Waals surface area (Å²) in [5, 5.41) is 6.27. The van der Waals surface area contributed by atoms with Crippen LogP contribution in [0.4, 0.5) is 0 Å². The van der Waals surface area contributed by atoms with Crippen molar-refractivity contribution in [2.75, 3.05) is 6.54 Å². The Balaban J connectivity index is 1.85. The van der Waals surface area contributed by atoms with Crippen LogP contribution < -0.4 is 10.6 Å². The second-order valence-corrected chi connectivity index (χ2v) is 5.38. The van der Waals surface area contributed by atoms with Crippen molar-refractivity contribution in [1.82, 2.24) is 10.6 Å². The molecule has 1 aliphatic heterocycles. The van der Waals surface area contributed by atoms with Gasteiger partial charge in [-0.05, 0) is 42.0 Å². The molecule has 0 bridgehead atoms. The van der Waals surface area contributed by atoms with Gasteiger partial charge in [0.1, 0.15) is 0 Å². The molecule has 18 heavy (non-hydrogen) atoms. The lowest BCUT2D eigenvalue weighted by atomic mass is 10.1. The molecule has 1 heterocycles. The summed E-state index contributed by atoms with van der Waals surface area (Å²) in [5.41, 5.74) is 3.35. The molecular formula is C15H22N2O. The Bertz CT molecular complexity index is 427. The number of fused-ring (bicyclic) bond motifs is 1. The van der Waals surface area contributed by atoms with E-state index >= 15 is 0 Å². The first kappa shape index (κ1) is 13.1. The highest BCUT2D eigenvalue weighted by Gasteiger charge is 2.12. The van der Waals surface area contributed by atoms with Gasteiger partial charge in [-0.3, -0.25) is 4.79 Å². The number of hydrogen-bond acceptors (Lipinski definition) is 2. The Labute approximate surface area is 109 Å². The Hall–Kier alpha value is -1.35. The van der Waals surface area contributed by atoms with Crippen LogP contribution in [0.3, 0.4) is 0 Å². The first-order valence-electron chi connectivity index (χ1n) is 6.77. The van der Waals surface area contributed by atoms with Crippen LogP contribution in [0.5, 0.6) is 0 Å². The quantitative estimate of drug-likeness (QED) is 0.784. The molecule has 98 valence electrons. The van der Waals surface area contributed by atoms with E-state index in [4.69, 9.17) is 0 Å². The van der Waals surface area contributed by atoms with Crippen LogP contribution in [0, 0.1) is 5.92 Å². The van der Waals surface area contributed by atoms with Crippen LogP contribution in [0.15, 0.2) is 18.2 Å². The highest BCUT2D eigenvalue weighted by Crippen LogP contribution is 2.16. The molecule has 0 aliphatic carbocycles. The number of carbonyl (C=O) groups is 1. The van der Waals surface area contributed by atoms with E-state index < -0.39 is 0 Å². The summed E-state index contributed by atoms with van der Waals surface area (Å²) in [4.78, 5) is 12.0. The van der Waals surface area contributed by atoms with Crippen LogP contribution in [-0.2, 0) is 13.1 Å². The van der Waals surface area contributed by atoms with Gasteiger partial charge in [-0.25, -0.2) is 0 Å². The van der Waals surface area contributed by atoms with Crippen molar-refractivity contribution in [3.8, 4) is 0 Å². The third-order valence-electron chi connectivity index (χ3n) is 3.34. The fourth-order valence-electron chi connectivity index (χ4n) is 2.25. The molecule has 1 aromatic rings. The summed E-state index contributed by atoms with van der Waals surface area (Å²) in [7, 11) is 0. The third-order valence-corrected chi connectivity index (χ3v) is 3.34. The van der Waals surface area contributed by atoms with Gasteiger partial charge in [-0.1, -0.05) is 19.9 Å². The number of hydrogen-bond donors (Lipinski definition) is 2. The van der Waals surface area contributed by atoms with Gasteiger partial charge in [0, 0.05) is 25.2 Å². The summed E-state index contributed by atoms with van der Waals surface area (Å²) >= 11 is 0. The summed E-state index contributed by atoms with van der Waals surface area (Å²) in [5.74, 6) is 0.751. The maximum atomic E-state index is 12.0. The minimum atomic E-state index is 0.0495. The molecule has 1 aromatic carbocycles. The van der Waals surface area contributed by atoms with Gasteiger partial charge in [-0.15, -0.1) is 0 Å². The summed E-state index contributed by atoms with van der Waals surface area (Å²) in [6.07, 6.45) is 2.21. The second kappa shape index (κ2) is 6.01. The van der Waals surface area contributed by atoms with Crippen molar-refractivity contribution >= 4 is 5.91 Å². The average molecular weight is 246 g/mol. The molecule has 0 spiro atoms. The standard InChI is InChI=1S/C15H22N2O/c1-11(2)4-3-7-17-15(18)12-5-6-13-9-16-10-14(13)8-12/h5-6,8,11,16H,3-4,7,9-10H2,1-2H3,(H,17,18). The molecule has 0 atom stereocenters. The summed E-state index contributed by atoms with van der Waals surface area (Å²) in [6, 6.07) is 5.98. The molecule has 0 radical (unpaired) electrons. The molecule has 1 amide bonds. The molecule has 0 saturated carbocycles. The monoisotopic (exact) mass is 246 g/mol. The molecule has 3 heteroatoms. The van der Waals surface area contributed by atoms with E-state index in [0.29, 0.717) is 5.92 Å². The molecule has 0 aromatic heterocycles. The highest BCUT2D eigenvalue weighted by atomic mass is 16.1. The SMILES string of the molecule is CC(C)CCCNC(=O)c1ccc2c(c1)CNC2. The van der Waals surface area contributed by atoms with Gasteiger partial charge >= 0.3 is 0 Å². The first-order chi connectivity index (χ1) is 8.66. The van der Waals surface area contributed by atoms with E-state index in [1.54, 1.807) is 0 Å². The molecule has 2 rings (SSSR count). The minimum Gasteiger partial charge on any atom is -0.352 e. The fourth-order valence-corrected chi connectivity index (χ4v) is 2.25. The Kier molecular flexibility index (Phi) is 4.37. The minimum absolute atomic E-state index is 0.0495. The van der Waals surface area contributed by atoms with Crippen LogP contribution in [0.2, 0.25) is 0 Å². The molecule has 3 nitrogen and oxygen atoms in total. The van der Waals surface area contributed by atoms with Crippen molar-refractivity contribution in [2.45, 2.75) is 39.8 Å². The predicted octanol–water partition coefficient (Wildman–Crippen LogP) is 2.46. The second-order valence-electron chi connectivity index (χ2n) is 5.38. The molecule has 0 saturated heterocycles. The smallest absolute Gasteiger partial charge is 0.251 e. The lowest BCUT2D eigenvalue weighted by Gasteiger charge is -2.08. The predicted molar refractivity (Wildman–Crippen MR) is 73.4 cm³/mol. The van der Waals surface area contributed by atoms with Gasteiger partial charge in [-0.2, -0.15) is 0 Å². The number of amides is 1. The molecule has 0 fully saturated rings. The molecule has 0 unspecified atom stereocenters. The van der Waals surface area contributed by atoms with Gasteiger partial charge < -0.3 is 10.6 Å². The van der Waals surface area contributed by atoms with Crippen LogP contribution in [-0.4, -0.2) is 12.5 Å². The Morgan fingerprint density at radius 2 is 2.11 bits per heavy atom. The van der Waals surface area contributed by atoms with Gasteiger partial charge in [0.25, 0.3) is 5.91 Å². The van der Waals surface area contributed by atoms with Crippen molar-refractivity contribution < 1.29 is 4.79 Å². The zero-order chi connectivity index (χ0) is 13.0. The van der Waals surface area contributed by atoms with E-state index in [9.17, 15) is 4.79 Å². The number of nitrogens with one attached hydrogen (secondary N) is 2. The zero-order valence-electron chi connectivity index (χ0n) is 11.3. The van der Waals surface area contributed by atoms with E-state index in [0.717, 1.165) is 38.0 Å². The Morgan fingerprint density at radius 3 is 2.89 bits per heavy atom. The van der Waals surface area contributed by atoms with E-state index in [-0.39, 0.29) is 5.91 Å². The number of carbonyl (C=O) groups excluding carboxylic acids is 1. The van der Waals surface area contributed by atoms with Gasteiger partial charge in [0.05, 0.1) is 0 Å². The number of rotatable bonds is 5. The number of benzene rings is 1. The Morgan fingerprint density at radius 1 is 1.33 bits per heavy atom. The third kappa shape index (κ3) is 3.33. The van der Waals surface area contributed by atoms with Crippen LogP contribution >= 0.6 is 0 Å².